The number of aromatic nitrogens is 1. The topological polar surface area (TPSA) is 31.4 Å². The number of piperidine rings is 1. The molecule has 4 nitrogen and oxygen atoms in total. The van der Waals surface area contributed by atoms with Gasteiger partial charge in [-0.25, -0.2) is 0 Å². The Morgan fingerprint density at radius 1 is 1.09 bits per heavy atom. The summed E-state index contributed by atoms with van der Waals surface area (Å²) >= 11 is 20.5. The first-order valence-corrected chi connectivity index (χ1v) is 12.8. The molecule has 8 heteroatoms. The molecule has 2 aromatic heterocycles. The van der Waals surface area contributed by atoms with Gasteiger partial charge in [0, 0.05) is 29.9 Å². The highest BCUT2D eigenvalue weighted by Crippen LogP contribution is 2.45. The second-order valence-corrected chi connectivity index (χ2v) is 11.0. The van der Waals surface area contributed by atoms with Gasteiger partial charge in [-0.05, 0) is 73.4 Å². The van der Waals surface area contributed by atoms with Gasteiger partial charge in [-0.15, -0.1) is 11.3 Å². The number of nitrogens with zero attached hydrogens (tertiary/aromatic N) is 3. The molecular weight excluding hydrogens is 479 g/mol. The van der Waals surface area contributed by atoms with Gasteiger partial charge in [-0.1, -0.05) is 36.2 Å². The largest absolute Gasteiger partial charge is 0.370 e. The van der Waals surface area contributed by atoms with Gasteiger partial charge in [0.05, 0.1) is 32.8 Å². The van der Waals surface area contributed by atoms with Crippen molar-refractivity contribution in [3.63, 3.8) is 0 Å². The Bertz CT molecular complexity index is 1110. The number of pyridine rings is 1. The van der Waals surface area contributed by atoms with Gasteiger partial charge in [-0.3, -0.25) is 4.98 Å². The van der Waals surface area contributed by atoms with Crippen molar-refractivity contribution in [2.75, 3.05) is 22.9 Å². The van der Waals surface area contributed by atoms with Crippen LogP contribution in [0.1, 0.15) is 42.4 Å². The Morgan fingerprint density at radius 2 is 1.91 bits per heavy atom. The fourth-order valence-corrected chi connectivity index (χ4v) is 6.39. The first kappa shape index (κ1) is 22.0. The summed E-state index contributed by atoms with van der Waals surface area (Å²) in [5.74, 6) is 0.777. The molecule has 0 unspecified atom stereocenters. The number of hydrogen-bond acceptors (Lipinski definition) is 4. The van der Waals surface area contributed by atoms with E-state index in [-0.39, 0.29) is 12.1 Å². The monoisotopic (exact) mass is 502 g/mol. The van der Waals surface area contributed by atoms with Crippen LogP contribution in [0.25, 0.3) is 0 Å². The predicted molar refractivity (Wildman–Crippen MR) is 139 cm³/mol. The zero-order valence-electron chi connectivity index (χ0n) is 17.7. The predicted octanol–water partition coefficient (Wildman–Crippen LogP) is 6.86. The van der Waals surface area contributed by atoms with Crippen molar-refractivity contribution in [3.8, 4) is 0 Å². The average Bonchev–Trinajstić information content (AvgIpc) is 3.38. The van der Waals surface area contributed by atoms with E-state index in [9.17, 15) is 0 Å². The average molecular weight is 504 g/mol. The highest BCUT2D eigenvalue weighted by atomic mass is 35.5. The second kappa shape index (κ2) is 9.18. The maximum Gasteiger partial charge on any atom is 0.174 e. The number of hydrogen-bond donors (Lipinski definition) is 1. The number of nitrogens with one attached hydrogen (secondary N) is 1. The van der Waals surface area contributed by atoms with E-state index >= 15 is 0 Å². The fraction of sp³-hybridized carbons (Fsp3) is 0.333. The normalized spacial score (nSPS) is 21.8. The number of rotatable bonds is 4. The van der Waals surface area contributed by atoms with Crippen molar-refractivity contribution >= 4 is 63.2 Å². The first-order valence-electron chi connectivity index (χ1n) is 10.8. The van der Waals surface area contributed by atoms with Crippen LogP contribution in [-0.2, 0) is 0 Å². The van der Waals surface area contributed by atoms with Gasteiger partial charge in [0.25, 0.3) is 0 Å². The third-order valence-corrected chi connectivity index (χ3v) is 8.24. The van der Waals surface area contributed by atoms with E-state index in [0.717, 1.165) is 50.3 Å². The Balaban J connectivity index is 1.51. The van der Waals surface area contributed by atoms with Gasteiger partial charge in [-0.2, -0.15) is 0 Å². The van der Waals surface area contributed by atoms with E-state index < -0.39 is 0 Å². The number of thiocarbonyl (C=S) groups is 1. The molecular formula is C24H24Cl2N4S2. The first-order chi connectivity index (χ1) is 15.5. The molecule has 32 heavy (non-hydrogen) atoms. The van der Waals surface area contributed by atoms with Gasteiger partial charge in [0.1, 0.15) is 0 Å². The van der Waals surface area contributed by atoms with Crippen LogP contribution in [0.2, 0.25) is 9.36 Å². The third-order valence-electron chi connectivity index (χ3n) is 6.32. The summed E-state index contributed by atoms with van der Waals surface area (Å²) in [6, 6.07) is 16.1. The van der Waals surface area contributed by atoms with Crippen LogP contribution in [0.5, 0.6) is 0 Å². The Morgan fingerprint density at radius 3 is 2.56 bits per heavy atom. The minimum atomic E-state index is -0.0829. The minimum absolute atomic E-state index is 0.0624. The van der Waals surface area contributed by atoms with Crippen LogP contribution in [-0.4, -0.2) is 23.2 Å². The molecule has 2 saturated heterocycles. The summed E-state index contributed by atoms with van der Waals surface area (Å²) in [6.07, 6.45) is 4.21. The lowest BCUT2D eigenvalue weighted by Gasteiger charge is -2.33. The smallest absolute Gasteiger partial charge is 0.174 e. The van der Waals surface area contributed by atoms with Crippen LogP contribution >= 0.6 is 46.8 Å². The van der Waals surface area contributed by atoms with Crippen molar-refractivity contribution in [2.24, 2.45) is 5.92 Å². The molecule has 166 valence electrons. The molecule has 0 saturated carbocycles. The molecule has 1 aromatic carbocycles. The molecule has 0 aliphatic carbocycles. The number of halogens is 2. The van der Waals surface area contributed by atoms with Crippen LogP contribution < -0.4 is 15.1 Å². The van der Waals surface area contributed by atoms with Crippen LogP contribution in [0.15, 0.2) is 54.7 Å². The number of thiophene rings is 1. The molecule has 3 aromatic rings. The van der Waals surface area contributed by atoms with Crippen molar-refractivity contribution in [2.45, 2.75) is 31.8 Å². The van der Waals surface area contributed by atoms with Crippen molar-refractivity contribution in [3.05, 3.63) is 74.7 Å². The molecule has 4 heterocycles. The summed E-state index contributed by atoms with van der Waals surface area (Å²) in [5.41, 5.74) is 3.00. The molecule has 2 fully saturated rings. The van der Waals surface area contributed by atoms with Gasteiger partial charge in [0.15, 0.2) is 5.11 Å². The number of anilines is 2. The molecule has 2 atom stereocenters. The van der Waals surface area contributed by atoms with Crippen LogP contribution in [0, 0.1) is 5.92 Å². The molecule has 2 aliphatic heterocycles. The molecule has 5 rings (SSSR count). The molecule has 0 radical (unpaired) electrons. The summed E-state index contributed by atoms with van der Waals surface area (Å²) in [4.78, 5) is 10.3. The quantitative estimate of drug-likeness (QED) is 0.393. The summed E-state index contributed by atoms with van der Waals surface area (Å²) < 4.78 is 0.755. The van der Waals surface area contributed by atoms with Gasteiger partial charge >= 0.3 is 0 Å². The van der Waals surface area contributed by atoms with Crippen molar-refractivity contribution < 1.29 is 0 Å². The summed E-state index contributed by atoms with van der Waals surface area (Å²) in [7, 11) is 0. The molecule has 0 spiro atoms. The Hall–Kier alpha value is -1.86. The zero-order chi connectivity index (χ0) is 22.2. The lowest BCUT2D eigenvalue weighted by molar-refractivity contribution is 0.438. The van der Waals surface area contributed by atoms with Crippen molar-refractivity contribution in [1.29, 1.82) is 0 Å². The summed E-state index contributed by atoms with van der Waals surface area (Å²) in [5, 5.41) is 4.90. The maximum atomic E-state index is 6.81. The molecule has 0 bridgehead atoms. The highest BCUT2D eigenvalue weighted by molar-refractivity contribution is 7.80. The van der Waals surface area contributed by atoms with Crippen LogP contribution in [0.4, 0.5) is 11.4 Å². The van der Waals surface area contributed by atoms with E-state index in [1.807, 2.05) is 36.5 Å². The second-order valence-electron chi connectivity index (χ2n) is 8.44. The van der Waals surface area contributed by atoms with E-state index in [2.05, 4.69) is 45.2 Å². The van der Waals surface area contributed by atoms with Crippen LogP contribution in [0.3, 0.4) is 0 Å². The standard InChI is InChI=1S/C24H24Cl2N4S2/c1-15-9-12-29(13-10-15)19-6-5-16(14-17(19)25)30-23(20-7-8-21(26)32-20)22(28-24(30)31)18-4-2-3-11-27-18/h2-8,11,14-15,22-23H,9-10,12-13H2,1H3,(H,28,31)/t22-,23+/m1/s1. The van der Waals surface area contributed by atoms with Gasteiger partial charge in [0.2, 0.25) is 0 Å². The number of benzene rings is 1. The highest BCUT2D eigenvalue weighted by Gasteiger charge is 2.41. The van der Waals surface area contributed by atoms with E-state index in [0.29, 0.717) is 5.11 Å². The maximum absolute atomic E-state index is 6.81. The lowest BCUT2D eigenvalue weighted by Crippen LogP contribution is -2.33. The SMILES string of the molecule is CC1CCN(c2ccc(N3C(=S)N[C@H](c4ccccn4)[C@@H]3c3ccc(Cl)s3)cc2Cl)CC1. The van der Waals surface area contributed by atoms with Crippen molar-refractivity contribution in [1.82, 2.24) is 10.3 Å². The molecule has 1 N–H and O–H groups in total. The van der Waals surface area contributed by atoms with E-state index in [1.165, 1.54) is 12.8 Å². The summed E-state index contributed by atoms with van der Waals surface area (Å²) in [6.45, 7) is 4.41. The van der Waals surface area contributed by atoms with E-state index in [1.54, 1.807) is 11.3 Å². The fourth-order valence-electron chi connectivity index (χ4n) is 4.56. The van der Waals surface area contributed by atoms with E-state index in [4.69, 9.17) is 35.4 Å². The molecule has 0 amide bonds. The Labute approximate surface area is 208 Å². The molecule has 2 aliphatic rings. The lowest BCUT2D eigenvalue weighted by atomic mass is 9.98. The minimum Gasteiger partial charge on any atom is -0.370 e. The zero-order valence-corrected chi connectivity index (χ0v) is 20.8. The Kier molecular flexibility index (Phi) is 6.30. The third kappa shape index (κ3) is 4.21. The van der Waals surface area contributed by atoms with Gasteiger partial charge < -0.3 is 15.1 Å².